The van der Waals surface area contributed by atoms with Crippen LogP contribution in [0.2, 0.25) is 0 Å². The van der Waals surface area contributed by atoms with Crippen molar-refractivity contribution in [1.82, 2.24) is 14.9 Å². The monoisotopic (exact) mass is 254 g/mol. The van der Waals surface area contributed by atoms with Gasteiger partial charge in [-0.3, -0.25) is 4.79 Å². The minimum atomic E-state index is -0.569. The summed E-state index contributed by atoms with van der Waals surface area (Å²) in [6, 6.07) is 0. The zero-order chi connectivity index (χ0) is 13.7. The van der Waals surface area contributed by atoms with E-state index in [1.807, 2.05) is 6.92 Å². The third-order valence-corrected chi connectivity index (χ3v) is 2.45. The van der Waals surface area contributed by atoms with Gasteiger partial charge in [0.1, 0.15) is 18.2 Å². The molecule has 0 aromatic carbocycles. The van der Waals surface area contributed by atoms with Gasteiger partial charge in [-0.05, 0) is 6.92 Å². The number of nitrogen functional groups attached to an aromatic ring is 1. The predicted molar refractivity (Wildman–Crippen MR) is 66.0 cm³/mol. The average molecular weight is 254 g/mol. The summed E-state index contributed by atoms with van der Waals surface area (Å²) in [4.78, 5) is 27.1. The number of carbonyl (C=O) groups is 2. The number of aryl methyl sites for hydroxylation is 1. The first-order valence-corrected chi connectivity index (χ1v) is 5.77. The number of anilines is 1. The molecule has 1 rings (SSSR count). The molecule has 0 saturated carbocycles. The highest BCUT2D eigenvalue weighted by atomic mass is 16.5. The Bertz CT molecular complexity index is 453. The summed E-state index contributed by atoms with van der Waals surface area (Å²) in [6.07, 6.45) is 0.570. The molecule has 0 aliphatic heterocycles. The Labute approximate surface area is 105 Å². The maximum absolute atomic E-state index is 11.6. The lowest BCUT2D eigenvalue weighted by Crippen LogP contribution is -2.25. The second kappa shape index (κ2) is 6.04. The van der Waals surface area contributed by atoms with E-state index in [2.05, 4.69) is 10.3 Å². The number of hydrogen-bond donors (Lipinski definition) is 2. The number of ether oxygens (including phenoxy) is 1. The largest absolute Gasteiger partial charge is 0.461 e. The van der Waals surface area contributed by atoms with Crippen molar-refractivity contribution in [3.8, 4) is 0 Å². The normalized spacial score (nSPS) is 10.2. The number of rotatable bonds is 5. The van der Waals surface area contributed by atoms with Crippen molar-refractivity contribution < 1.29 is 14.3 Å². The highest BCUT2D eigenvalue weighted by molar-refractivity contribution is 5.92. The lowest BCUT2D eigenvalue weighted by atomic mass is 10.4. The van der Waals surface area contributed by atoms with Gasteiger partial charge < -0.3 is 20.4 Å². The zero-order valence-electron chi connectivity index (χ0n) is 10.8. The van der Waals surface area contributed by atoms with E-state index >= 15 is 0 Å². The number of hydrogen-bond acceptors (Lipinski definition) is 5. The second-order valence-corrected chi connectivity index (χ2v) is 3.60. The Hall–Kier alpha value is -2.05. The van der Waals surface area contributed by atoms with Crippen LogP contribution in [0.25, 0.3) is 0 Å². The fourth-order valence-electron chi connectivity index (χ4n) is 1.53. The van der Waals surface area contributed by atoms with E-state index in [1.54, 1.807) is 6.92 Å². The highest BCUT2D eigenvalue weighted by Crippen LogP contribution is 2.16. The molecule has 0 bridgehead atoms. The van der Waals surface area contributed by atoms with Gasteiger partial charge in [-0.1, -0.05) is 6.92 Å². The molecule has 1 aromatic heterocycles. The number of likely N-dealkylation sites (N-methyl/N-ethyl adjacent to an activating group) is 1. The molecule has 0 aliphatic carbocycles. The molecular weight excluding hydrogens is 236 g/mol. The summed E-state index contributed by atoms with van der Waals surface area (Å²) in [7, 11) is 1.54. The molecule has 0 spiro atoms. The average Bonchev–Trinajstić information content (AvgIpc) is 2.67. The number of nitrogens with zero attached hydrogens (tertiary/aromatic N) is 2. The zero-order valence-corrected chi connectivity index (χ0v) is 10.8. The minimum Gasteiger partial charge on any atom is -0.461 e. The Kier molecular flexibility index (Phi) is 4.70. The quantitative estimate of drug-likeness (QED) is 0.718. The summed E-state index contributed by atoms with van der Waals surface area (Å²) in [5, 5.41) is 2.50. The molecule has 1 amide bonds. The second-order valence-electron chi connectivity index (χ2n) is 3.60. The number of esters is 1. The summed E-state index contributed by atoms with van der Waals surface area (Å²) in [5.41, 5.74) is 5.90. The molecule has 1 aromatic rings. The van der Waals surface area contributed by atoms with E-state index in [0.717, 1.165) is 0 Å². The molecule has 0 saturated heterocycles. The fraction of sp³-hybridized carbons (Fsp3) is 0.545. The minimum absolute atomic E-state index is 0.0396. The molecule has 18 heavy (non-hydrogen) atoms. The molecule has 0 aliphatic rings. The first kappa shape index (κ1) is 14.0. The number of carbonyl (C=O) groups excluding carboxylic acids is 2. The van der Waals surface area contributed by atoms with Crippen molar-refractivity contribution in [3.63, 3.8) is 0 Å². The van der Waals surface area contributed by atoms with Crippen molar-refractivity contribution >= 4 is 17.7 Å². The van der Waals surface area contributed by atoms with Gasteiger partial charge in [0.05, 0.1) is 6.61 Å². The standard InChI is InChI=1S/C11H18N4O3/c1-4-7-14-9(11(17)18-5-2)10(12)15(7)6-8(16)13-3/h4-6,12H2,1-3H3,(H,13,16). The van der Waals surface area contributed by atoms with E-state index in [0.29, 0.717) is 12.2 Å². The fourth-order valence-corrected chi connectivity index (χ4v) is 1.53. The van der Waals surface area contributed by atoms with E-state index in [4.69, 9.17) is 10.5 Å². The van der Waals surface area contributed by atoms with Crippen molar-refractivity contribution in [2.24, 2.45) is 0 Å². The molecule has 7 nitrogen and oxygen atoms in total. The molecule has 7 heteroatoms. The molecule has 0 unspecified atom stereocenters. The van der Waals surface area contributed by atoms with E-state index in [-0.39, 0.29) is 30.6 Å². The summed E-state index contributed by atoms with van der Waals surface area (Å²) in [5.74, 6) is -0.0300. The lowest BCUT2D eigenvalue weighted by Gasteiger charge is -2.07. The summed E-state index contributed by atoms with van der Waals surface area (Å²) in [6.45, 7) is 3.87. The van der Waals surface area contributed by atoms with Crippen molar-refractivity contribution in [2.75, 3.05) is 19.4 Å². The highest BCUT2D eigenvalue weighted by Gasteiger charge is 2.21. The smallest absolute Gasteiger partial charge is 0.360 e. The van der Waals surface area contributed by atoms with Gasteiger partial charge in [0.15, 0.2) is 5.69 Å². The van der Waals surface area contributed by atoms with Gasteiger partial charge >= 0.3 is 5.97 Å². The van der Waals surface area contributed by atoms with Crippen LogP contribution in [0.15, 0.2) is 0 Å². The Morgan fingerprint density at radius 3 is 2.61 bits per heavy atom. The van der Waals surface area contributed by atoms with Crippen LogP contribution in [0.3, 0.4) is 0 Å². The Morgan fingerprint density at radius 2 is 2.11 bits per heavy atom. The Balaban J connectivity index is 3.10. The number of imidazole rings is 1. The molecule has 3 N–H and O–H groups in total. The first-order chi connectivity index (χ1) is 8.54. The van der Waals surface area contributed by atoms with Crippen LogP contribution in [-0.2, 0) is 22.5 Å². The van der Waals surface area contributed by atoms with Gasteiger partial charge in [-0.15, -0.1) is 0 Å². The van der Waals surface area contributed by atoms with Crippen LogP contribution in [0.4, 0.5) is 5.82 Å². The number of nitrogens with one attached hydrogen (secondary N) is 1. The maximum Gasteiger partial charge on any atom is 0.360 e. The van der Waals surface area contributed by atoms with E-state index in [1.165, 1.54) is 11.6 Å². The van der Waals surface area contributed by atoms with Crippen LogP contribution >= 0.6 is 0 Å². The van der Waals surface area contributed by atoms with Crippen LogP contribution in [-0.4, -0.2) is 35.1 Å². The molecule has 0 atom stereocenters. The predicted octanol–water partition coefficient (Wildman–Crippen LogP) is -0.0496. The topological polar surface area (TPSA) is 99.2 Å². The van der Waals surface area contributed by atoms with Crippen LogP contribution in [0.5, 0.6) is 0 Å². The third-order valence-electron chi connectivity index (χ3n) is 2.45. The van der Waals surface area contributed by atoms with Gasteiger partial charge in [-0.25, -0.2) is 9.78 Å². The van der Waals surface area contributed by atoms with Crippen LogP contribution < -0.4 is 11.1 Å². The van der Waals surface area contributed by atoms with Gasteiger partial charge in [0.25, 0.3) is 0 Å². The first-order valence-electron chi connectivity index (χ1n) is 5.77. The van der Waals surface area contributed by atoms with Gasteiger partial charge in [0.2, 0.25) is 5.91 Å². The van der Waals surface area contributed by atoms with Gasteiger partial charge in [0, 0.05) is 13.5 Å². The lowest BCUT2D eigenvalue weighted by molar-refractivity contribution is -0.121. The molecule has 0 radical (unpaired) electrons. The van der Waals surface area contributed by atoms with Crippen molar-refractivity contribution in [2.45, 2.75) is 26.8 Å². The Morgan fingerprint density at radius 1 is 1.44 bits per heavy atom. The molecule has 1 heterocycles. The number of aromatic nitrogens is 2. The molecule has 100 valence electrons. The summed E-state index contributed by atoms with van der Waals surface area (Å²) < 4.78 is 6.38. The third kappa shape index (κ3) is 2.79. The maximum atomic E-state index is 11.6. The molecular formula is C11H18N4O3. The van der Waals surface area contributed by atoms with Crippen LogP contribution in [0.1, 0.15) is 30.2 Å². The van der Waals surface area contributed by atoms with Crippen LogP contribution in [0, 0.1) is 0 Å². The van der Waals surface area contributed by atoms with E-state index < -0.39 is 5.97 Å². The molecule has 0 fully saturated rings. The SMILES string of the molecule is CCOC(=O)c1nc(CC)n(CC(=O)NC)c1N. The number of nitrogens with two attached hydrogens (primary N) is 1. The van der Waals surface area contributed by atoms with Gasteiger partial charge in [-0.2, -0.15) is 0 Å². The summed E-state index contributed by atoms with van der Waals surface area (Å²) >= 11 is 0. The number of amides is 1. The van der Waals surface area contributed by atoms with Crippen molar-refractivity contribution in [1.29, 1.82) is 0 Å². The van der Waals surface area contributed by atoms with Crippen molar-refractivity contribution in [3.05, 3.63) is 11.5 Å². The van der Waals surface area contributed by atoms with E-state index in [9.17, 15) is 9.59 Å².